The van der Waals surface area contributed by atoms with E-state index >= 15 is 0 Å². The van der Waals surface area contributed by atoms with E-state index in [-0.39, 0.29) is 0 Å². The lowest BCUT2D eigenvalue weighted by Crippen LogP contribution is -2.32. The number of thioether (sulfide) groups is 1. The normalized spacial score (nSPS) is 30.8. The van der Waals surface area contributed by atoms with Crippen LogP contribution in [-0.4, -0.2) is 72.3 Å². The predicted octanol–water partition coefficient (Wildman–Crippen LogP) is 0.722. The molecule has 2 saturated heterocycles. The zero-order valence-electron chi connectivity index (χ0n) is 13.5. The molecule has 0 saturated carbocycles. The maximum atomic E-state index is 12.9. The molecular weight excluding hydrogens is 349 g/mol. The molecule has 0 unspecified atom stereocenters. The van der Waals surface area contributed by atoms with E-state index in [1.165, 1.54) is 17.2 Å². The number of alkyl halides is 1. The Morgan fingerprint density at radius 3 is 2.76 bits per heavy atom. The number of halogens is 1. The van der Waals surface area contributed by atoms with Crippen molar-refractivity contribution in [3.63, 3.8) is 0 Å². The van der Waals surface area contributed by atoms with Crippen LogP contribution in [0.25, 0.3) is 11.2 Å². The molecule has 4 heterocycles. The summed E-state index contributed by atoms with van der Waals surface area (Å²) in [5, 5.41) is 23.5. The van der Waals surface area contributed by atoms with Crippen molar-refractivity contribution in [2.24, 2.45) is 0 Å². The first kappa shape index (κ1) is 17.0. The van der Waals surface area contributed by atoms with Gasteiger partial charge in [0.15, 0.2) is 23.2 Å². The minimum atomic E-state index is -1.29. The van der Waals surface area contributed by atoms with E-state index in [0.29, 0.717) is 23.0 Å². The van der Waals surface area contributed by atoms with Crippen molar-refractivity contribution in [3.8, 4) is 0 Å². The average molecular weight is 369 g/mol. The zero-order valence-corrected chi connectivity index (χ0v) is 14.3. The van der Waals surface area contributed by atoms with E-state index in [0.717, 1.165) is 24.3 Å². The van der Waals surface area contributed by atoms with Gasteiger partial charge in [-0.2, -0.15) is 11.8 Å². The lowest BCUT2D eigenvalue weighted by Gasteiger charge is -2.23. The second kappa shape index (κ2) is 7.02. The molecule has 0 radical (unpaired) electrons. The van der Waals surface area contributed by atoms with Gasteiger partial charge >= 0.3 is 0 Å². The van der Waals surface area contributed by atoms with Crippen molar-refractivity contribution in [2.45, 2.75) is 43.4 Å². The number of imidazole rings is 1. The van der Waals surface area contributed by atoms with Gasteiger partial charge in [0.05, 0.1) is 6.33 Å². The Bertz CT molecular complexity index is 741. The predicted molar refractivity (Wildman–Crippen MR) is 91.2 cm³/mol. The number of nitrogens with zero attached hydrogens (tertiary/aromatic N) is 4. The first-order chi connectivity index (χ1) is 12.2. The van der Waals surface area contributed by atoms with Crippen LogP contribution >= 0.6 is 11.8 Å². The molecule has 4 rings (SSSR count). The summed E-state index contributed by atoms with van der Waals surface area (Å²) in [6, 6.07) is 0.343. The first-order valence-electron chi connectivity index (χ1n) is 8.28. The molecule has 25 heavy (non-hydrogen) atoms. The average Bonchev–Trinajstić information content (AvgIpc) is 3.18. The van der Waals surface area contributed by atoms with E-state index in [9.17, 15) is 14.6 Å². The van der Waals surface area contributed by atoms with E-state index in [4.69, 9.17) is 4.74 Å². The fourth-order valence-electron chi connectivity index (χ4n) is 3.27. The van der Waals surface area contributed by atoms with Crippen molar-refractivity contribution < 1.29 is 19.3 Å². The van der Waals surface area contributed by atoms with Crippen LogP contribution in [0.15, 0.2) is 12.7 Å². The number of hydrogen-bond donors (Lipinski definition) is 3. The number of rotatable bonds is 4. The molecule has 10 heteroatoms. The summed E-state index contributed by atoms with van der Waals surface area (Å²) in [5.74, 6) is 2.87. The Balaban J connectivity index is 1.62. The molecule has 0 aromatic carbocycles. The minimum absolute atomic E-state index is 0.343. The van der Waals surface area contributed by atoms with Crippen LogP contribution in [-0.2, 0) is 4.74 Å². The SMILES string of the molecule is O[C@@H]1[C@H](O)[C@@H](CF)O[C@H]1n1cnc2c(NC3CCSCC3)ncnc21. The van der Waals surface area contributed by atoms with Crippen molar-refractivity contribution in [2.75, 3.05) is 23.5 Å². The smallest absolute Gasteiger partial charge is 0.167 e. The van der Waals surface area contributed by atoms with Gasteiger partial charge in [-0.3, -0.25) is 4.57 Å². The van der Waals surface area contributed by atoms with Gasteiger partial charge in [-0.25, -0.2) is 19.3 Å². The van der Waals surface area contributed by atoms with Crippen LogP contribution in [0.4, 0.5) is 10.2 Å². The highest BCUT2D eigenvalue weighted by atomic mass is 32.2. The van der Waals surface area contributed by atoms with E-state index in [1.54, 1.807) is 0 Å². The van der Waals surface area contributed by atoms with Crippen LogP contribution in [0, 0.1) is 0 Å². The lowest BCUT2D eigenvalue weighted by molar-refractivity contribution is -0.0409. The minimum Gasteiger partial charge on any atom is -0.387 e. The molecule has 136 valence electrons. The maximum absolute atomic E-state index is 12.9. The second-order valence-electron chi connectivity index (χ2n) is 6.28. The highest BCUT2D eigenvalue weighted by Crippen LogP contribution is 2.32. The Kier molecular flexibility index (Phi) is 4.76. The van der Waals surface area contributed by atoms with Gasteiger partial charge < -0.3 is 20.3 Å². The van der Waals surface area contributed by atoms with Crippen LogP contribution in [0.2, 0.25) is 0 Å². The standard InChI is InChI=1S/C15H20FN5O3S/c16-5-9-11(22)12(23)15(24-9)21-7-19-10-13(17-6-18-14(10)21)20-8-1-3-25-4-2-8/h6-9,11-12,15,22-23H,1-5H2,(H,17,18,20)/t9-,11-,12-,15-/m1/s1. The molecule has 2 fully saturated rings. The molecule has 0 amide bonds. The number of fused-ring (bicyclic) bond motifs is 1. The summed E-state index contributed by atoms with van der Waals surface area (Å²) in [7, 11) is 0. The third-order valence-electron chi connectivity index (χ3n) is 4.68. The first-order valence-corrected chi connectivity index (χ1v) is 9.44. The Hall–Kier alpha value is -1.49. The number of nitrogens with one attached hydrogen (secondary N) is 1. The van der Waals surface area contributed by atoms with E-state index in [1.807, 2.05) is 11.8 Å². The molecule has 0 aliphatic carbocycles. The molecule has 2 aliphatic rings. The number of aromatic nitrogens is 4. The van der Waals surface area contributed by atoms with Crippen LogP contribution in [0.1, 0.15) is 19.1 Å². The molecule has 8 nitrogen and oxygen atoms in total. The molecule has 0 bridgehead atoms. The highest BCUT2D eigenvalue weighted by molar-refractivity contribution is 7.99. The number of anilines is 1. The van der Waals surface area contributed by atoms with Gasteiger partial charge in [0.25, 0.3) is 0 Å². The summed E-state index contributed by atoms with van der Waals surface area (Å²) < 4.78 is 19.9. The fourth-order valence-corrected chi connectivity index (χ4v) is 4.37. The Morgan fingerprint density at radius 1 is 1.24 bits per heavy atom. The summed E-state index contributed by atoms with van der Waals surface area (Å²) in [6.07, 6.45) is 0.489. The largest absolute Gasteiger partial charge is 0.387 e. The Labute approximate surface area is 147 Å². The second-order valence-corrected chi connectivity index (χ2v) is 7.50. The van der Waals surface area contributed by atoms with E-state index < -0.39 is 31.2 Å². The van der Waals surface area contributed by atoms with Crippen molar-refractivity contribution in [1.29, 1.82) is 0 Å². The summed E-state index contributed by atoms with van der Waals surface area (Å²) in [5.41, 5.74) is 1.04. The number of hydrogen-bond acceptors (Lipinski definition) is 8. The van der Waals surface area contributed by atoms with Crippen LogP contribution < -0.4 is 5.32 Å². The highest BCUT2D eigenvalue weighted by Gasteiger charge is 2.44. The van der Waals surface area contributed by atoms with Crippen LogP contribution in [0.5, 0.6) is 0 Å². The molecule has 0 spiro atoms. The molecule has 2 aliphatic heterocycles. The van der Waals surface area contributed by atoms with Gasteiger partial charge in [-0.1, -0.05) is 0 Å². The van der Waals surface area contributed by atoms with Crippen molar-refractivity contribution in [3.05, 3.63) is 12.7 Å². The van der Waals surface area contributed by atoms with Gasteiger partial charge in [0.2, 0.25) is 0 Å². The van der Waals surface area contributed by atoms with Gasteiger partial charge in [-0.05, 0) is 24.3 Å². The zero-order chi connectivity index (χ0) is 17.4. The molecule has 4 atom stereocenters. The molecule has 2 aromatic rings. The molecule has 3 N–H and O–H groups in total. The topological polar surface area (TPSA) is 105 Å². The third kappa shape index (κ3) is 3.07. The number of aliphatic hydroxyl groups excluding tert-OH is 2. The third-order valence-corrected chi connectivity index (χ3v) is 5.73. The molecular formula is C15H20FN5O3S. The van der Waals surface area contributed by atoms with Gasteiger partial charge in [0, 0.05) is 6.04 Å². The lowest BCUT2D eigenvalue weighted by atomic mass is 10.1. The maximum Gasteiger partial charge on any atom is 0.167 e. The van der Waals surface area contributed by atoms with Gasteiger partial charge in [0.1, 0.15) is 31.3 Å². The summed E-state index contributed by atoms with van der Waals surface area (Å²) in [4.78, 5) is 12.9. The van der Waals surface area contributed by atoms with Crippen molar-refractivity contribution >= 4 is 28.7 Å². The molecule has 2 aromatic heterocycles. The number of ether oxygens (including phenoxy) is 1. The quantitative estimate of drug-likeness (QED) is 0.724. The fraction of sp³-hybridized carbons (Fsp3) is 0.667. The summed E-state index contributed by atoms with van der Waals surface area (Å²) >= 11 is 1.95. The van der Waals surface area contributed by atoms with Crippen molar-refractivity contribution in [1.82, 2.24) is 19.5 Å². The van der Waals surface area contributed by atoms with Gasteiger partial charge in [-0.15, -0.1) is 0 Å². The monoisotopic (exact) mass is 369 g/mol. The number of aliphatic hydroxyl groups is 2. The van der Waals surface area contributed by atoms with E-state index in [2.05, 4.69) is 20.3 Å². The van der Waals surface area contributed by atoms with Crippen LogP contribution in [0.3, 0.4) is 0 Å². The Morgan fingerprint density at radius 2 is 2.04 bits per heavy atom. The summed E-state index contributed by atoms with van der Waals surface area (Å²) in [6.45, 7) is -0.872.